The second kappa shape index (κ2) is 6.31. The molecule has 0 unspecified atom stereocenters. The van der Waals surface area contributed by atoms with Gasteiger partial charge in [-0.25, -0.2) is 0 Å². The van der Waals surface area contributed by atoms with Gasteiger partial charge in [0.2, 0.25) is 5.91 Å². The second-order valence-electron chi connectivity index (χ2n) is 6.81. The number of likely N-dealkylation sites (tertiary alicyclic amines) is 1. The summed E-state index contributed by atoms with van der Waals surface area (Å²) in [4.78, 5) is 26.0. The number of carbonyl (C=O) groups excluding carboxylic acids is 2. The van der Waals surface area contributed by atoms with Crippen molar-refractivity contribution in [3.8, 4) is 0 Å². The Morgan fingerprint density at radius 2 is 2.30 bits per heavy atom. The number of piperidine rings is 1. The average molecular weight is 320 g/mol. The third-order valence-electron chi connectivity index (χ3n) is 4.38. The molecule has 23 heavy (non-hydrogen) atoms. The zero-order chi connectivity index (χ0) is 16.6. The highest BCUT2D eigenvalue weighted by Gasteiger charge is 2.37. The summed E-state index contributed by atoms with van der Waals surface area (Å²) in [7, 11) is 1.80. The fraction of sp³-hybridized carbons (Fsp3) is 0.688. The Kier molecular flexibility index (Phi) is 4.39. The number of aryl methyl sites for hydroxylation is 1. The van der Waals surface area contributed by atoms with Gasteiger partial charge in [-0.1, -0.05) is 13.8 Å². The molecular weight excluding hydrogens is 296 g/mol. The first kappa shape index (κ1) is 16.0. The van der Waals surface area contributed by atoms with Gasteiger partial charge in [0.25, 0.3) is 5.91 Å². The number of ether oxygens (including phenoxy) is 1. The fourth-order valence-electron chi connectivity index (χ4n) is 3.29. The van der Waals surface area contributed by atoms with E-state index >= 15 is 0 Å². The smallest absolute Gasteiger partial charge is 0.272 e. The molecule has 2 aliphatic rings. The standard InChI is InChI=1S/C16H24N4O3/c1-10(2)6-11-7-13(19(3)18-11)16(22)20-5-4-14-12(8-20)17-15(21)9-23-14/h7,10,12,14H,4-6,8-9H2,1-3H3,(H,17,21)/t12-,14-/m0/s1. The maximum absolute atomic E-state index is 12.8. The molecule has 1 aromatic heterocycles. The van der Waals surface area contributed by atoms with Crippen LogP contribution in [0.1, 0.15) is 36.5 Å². The van der Waals surface area contributed by atoms with Crippen LogP contribution in [-0.4, -0.2) is 58.3 Å². The summed E-state index contributed by atoms with van der Waals surface area (Å²) in [6.45, 7) is 5.51. The molecule has 2 atom stereocenters. The van der Waals surface area contributed by atoms with Gasteiger partial charge in [0.15, 0.2) is 0 Å². The van der Waals surface area contributed by atoms with Crippen LogP contribution in [0.25, 0.3) is 0 Å². The van der Waals surface area contributed by atoms with Gasteiger partial charge in [-0.3, -0.25) is 14.3 Å². The van der Waals surface area contributed by atoms with Crippen molar-refractivity contribution in [3.63, 3.8) is 0 Å². The van der Waals surface area contributed by atoms with Gasteiger partial charge in [0.1, 0.15) is 12.3 Å². The summed E-state index contributed by atoms with van der Waals surface area (Å²) in [5.74, 6) is 0.353. The van der Waals surface area contributed by atoms with E-state index in [0.717, 1.165) is 18.5 Å². The minimum atomic E-state index is -0.114. The number of aromatic nitrogens is 2. The van der Waals surface area contributed by atoms with Gasteiger partial charge in [-0.15, -0.1) is 0 Å². The number of fused-ring (bicyclic) bond motifs is 1. The summed E-state index contributed by atoms with van der Waals surface area (Å²) in [6.07, 6.45) is 1.61. The first-order valence-corrected chi connectivity index (χ1v) is 8.17. The van der Waals surface area contributed by atoms with Crippen LogP contribution in [0.15, 0.2) is 6.07 Å². The molecule has 2 saturated heterocycles. The number of rotatable bonds is 3. The molecule has 0 radical (unpaired) electrons. The topological polar surface area (TPSA) is 76.5 Å². The lowest BCUT2D eigenvalue weighted by atomic mass is 10.00. The third kappa shape index (κ3) is 3.39. The van der Waals surface area contributed by atoms with E-state index in [9.17, 15) is 9.59 Å². The van der Waals surface area contributed by atoms with Crippen molar-refractivity contribution in [3.05, 3.63) is 17.5 Å². The molecule has 7 heteroatoms. The van der Waals surface area contributed by atoms with Crippen molar-refractivity contribution < 1.29 is 14.3 Å². The van der Waals surface area contributed by atoms with Gasteiger partial charge in [0, 0.05) is 20.1 Å². The maximum Gasteiger partial charge on any atom is 0.272 e. The highest BCUT2D eigenvalue weighted by molar-refractivity contribution is 5.93. The van der Waals surface area contributed by atoms with Crippen LogP contribution in [-0.2, 0) is 23.0 Å². The van der Waals surface area contributed by atoms with E-state index in [1.807, 2.05) is 6.07 Å². The first-order valence-electron chi connectivity index (χ1n) is 8.17. The average Bonchev–Trinajstić information content (AvgIpc) is 2.85. The molecule has 2 aliphatic heterocycles. The van der Waals surface area contributed by atoms with Gasteiger partial charge >= 0.3 is 0 Å². The first-order chi connectivity index (χ1) is 10.9. The van der Waals surface area contributed by atoms with Crippen molar-refractivity contribution in [2.45, 2.75) is 38.8 Å². The SMILES string of the molecule is CC(C)Cc1cc(C(=O)N2CC[C@@H]3OCC(=O)N[C@H]3C2)n(C)n1. The molecule has 0 bridgehead atoms. The van der Waals surface area contributed by atoms with E-state index in [4.69, 9.17) is 4.74 Å². The van der Waals surface area contributed by atoms with E-state index in [2.05, 4.69) is 24.3 Å². The van der Waals surface area contributed by atoms with Crippen molar-refractivity contribution in [1.29, 1.82) is 0 Å². The van der Waals surface area contributed by atoms with E-state index in [-0.39, 0.29) is 30.6 Å². The number of hydrogen-bond acceptors (Lipinski definition) is 4. The van der Waals surface area contributed by atoms with Crippen LogP contribution in [0.5, 0.6) is 0 Å². The van der Waals surface area contributed by atoms with Crippen LogP contribution >= 0.6 is 0 Å². The minimum absolute atomic E-state index is 0.0137. The Morgan fingerprint density at radius 1 is 1.52 bits per heavy atom. The molecule has 1 aromatic rings. The van der Waals surface area contributed by atoms with Gasteiger partial charge in [0.05, 0.1) is 17.8 Å². The Hall–Kier alpha value is -1.89. The molecule has 2 fully saturated rings. The van der Waals surface area contributed by atoms with Crippen molar-refractivity contribution in [2.24, 2.45) is 13.0 Å². The Morgan fingerprint density at radius 3 is 3.04 bits per heavy atom. The fourth-order valence-corrected chi connectivity index (χ4v) is 3.29. The van der Waals surface area contributed by atoms with Gasteiger partial charge in [-0.05, 0) is 24.8 Å². The summed E-state index contributed by atoms with van der Waals surface area (Å²) in [5.41, 5.74) is 1.54. The van der Waals surface area contributed by atoms with E-state index in [0.29, 0.717) is 24.7 Å². The third-order valence-corrected chi connectivity index (χ3v) is 4.38. The Labute approximate surface area is 136 Å². The largest absolute Gasteiger partial charge is 0.366 e. The molecular formula is C16H24N4O3. The summed E-state index contributed by atoms with van der Waals surface area (Å²) >= 11 is 0. The Bertz CT molecular complexity index is 610. The van der Waals surface area contributed by atoms with Crippen LogP contribution in [0, 0.1) is 5.92 Å². The number of hydrogen-bond donors (Lipinski definition) is 1. The highest BCUT2D eigenvalue weighted by atomic mass is 16.5. The molecule has 7 nitrogen and oxygen atoms in total. The highest BCUT2D eigenvalue weighted by Crippen LogP contribution is 2.20. The molecule has 0 saturated carbocycles. The zero-order valence-electron chi connectivity index (χ0n) is 13.9. The van der Waals surface area contributed by atoms with Crippen LogP contribution in [0.3, 0.4) is 0 Å². The molecule has 1 N–H and O–H groups in total. The van der Waals surface area contributed by atoms with Crippen molar-refractivity contribution >= 4 is 11.8 Å². The minimum Gasteiger partial charge on any atom is -0.366 e. The summed E-state index contributed by atoms with van der Waals surface area (Å²) < 4.78 is 7.19. The number of nitrogens with zero attached hydrogens (tertiary/aromatic N) is 3. The van der Waals surface area contributed by atoms with Gasteiger partial charge < -0.3 is 15.0 Å². The summed E-state index contributed by atoms with van der Waals surface area (Å²) in [5, 5.41) is 7.36. The lowest BCUT2D eigenvalue weighted by molar-refractivity contribution is -0.139. The lowest BCUT2D eigenvalue weighted by Crippen LogP contribution is -2.61. The molecule has 0 spiro atoms. The number of amides is 2. The number of morpholine rings is 1. The molecule has 2 amide bonds. The van der Waals surface area contributed by atoms with Crippen LogP contribution < -0.4 is 5.32 Å². The maximum atomic E-state index is 12.8. The van der Waals surface area contributed by atoms with Crippen molar-refractivity contribution in [2.75, 3.05) is 19.7 Å². The predicted octanol–water partition coefficient (Wildman–Crippen LogP) is 0.348. The van der Waals surface area contributed by atoms with Crippen LogP contribution in [0.4, 0.5) is 0 Å². The molecule has 3 rings (SSSR count). The second-order valence-corrected chi connectivity index (χ2v) is 6.81. The monoisotopic (exact) mass is 320 g/mol. The molecule has 0 aromatic carbocycles. The van der Waals surface area contributed by atoms with Gasteiger partial charge in [-0.2, -0.15) is 5.10 Å². The van der Waals surface area contributed by atoms with E-state index < -0.39 is 0 Å². The van der Waals surface area contributed by atoms with E-state index in [1.54, 1.807) is 16.6 Å². The molecule has 3 heterocycles. The Balaban J connectivity index is 1.71. The quantitative estimate of drug-likeness (QED) is 0.872. The predicted molar refractivity (Wildman–Crippen MR) is 83.9 cm³/mol. The normalized spacial score (nSPS) is 24.5. The van der Waals surface area contributed by atoms with Crippen LogP contribution in [0.2, 0.25) is 0 Å². The van der Waals surface area contributed by atoms with E-state index in [1.165, 1.54) is 0 Å². The lowest BCUT2D eigenvalue weighted by Gasteiger charge is -2.41. The zero-order valence-corrected chi connectivity index (χ0v) is 13.9. The summed E-state index contributed by atoms with van der Waals surface area (Å²) in [6, 6.07) is 1.77. The number of carbonyl (C=O) groups is 2. The molecule has 126 valence electrons. The van der Waals surface area contributed by atoms with Crippen molar-refractivity contribution in [1.82, 2.24) is 20.0 Å². The molecule has 0 aliphatic carbocycles. The number of nitrogens with one attached hydrogen (secondary N) is 1.